The van der Waals surface area contributed by atoms with Crippen LogP contribution in [0.2, 0.25) is 0 Å². The number of aliphatic hydroxyl groups excluding tert-OH is 1. The van der Waals surface area contributed by atoms with Crippen molar-refractivity contribution in [3.8, 4) is 5.75 Å². The highest BCUT2D eigenvalue weighted by Gasteiger charge is 2.25. The van der Waals surface area contributed by atoms with Gasteiger partial charge in [-0.15, -0.1) is 0 Å². The van der Waals surface area contributed by atoms with Gasteiger partial charge in [-0.25, -0.2) is 4.98 Å². The fourth-order valence-electron chi connectivity index (χ4n) is 1.17. The number of carbonyl (C=O) groups is 1. The number of anilines is 1. The Kier molecular flexibility index (Phi) is 5.52. The summed E-state index contributed by atoms with van der Waals surface area (Å²) in [6.45, 7) is 1.25. The number of nitrogens with zero attached hydrogens (tertiary/aromatic N) is 1. The zero-order chi connectivity index (χ0) is 13.6. The van der Waals surface area contributed by atoms with Gasteiger partial charge < -0.3 is 20.3 Å². The quantitative estimate of drug-likeness (QED) is 0.650. The Balaban J connectivity index is 2.82. The zero-order valence-corrected chi connectivity index (χ0v) is 11.5. The number of hydrogen-bond donors (Lipinski definition) is 3. The number of aliphatic hydroxyl groups is 2. The molecule has 1 rings (SSSR count). The number of pyridine rings is 1. The zero-order valence-electron chi connectivity index (χ0n) is 9.89. The average molecular weight is 319 g/mol. The van der Waals surface area contributed by atoms with E-state index in [0.717, 1.165) is 0 Å². The molecule has 1 aromatic heterocycles. The van der Waals surface area contributed by atoms with E-state index in [4.69, 9.17) is 9.84 Å². The maximum Gasteiger partial charge on any atom is 0.212 e. The third-order valence-corrected chi connectivity index (χ3v) is 2.90. The molecule has 1 atom stereocenters. The summed E-state index contributed by atoms with van der Waals surface area (Å²) in [5, 5.41) is 21.3. The highest BCUT2D eigenvalue weighted by Crippen LogP contribution is 2.26. The Morgan fingerprint density at radius 1 is 1.67 bits per heavy atom. The van der Waals surface area contributed by atoms with Gasteiger partial charge in [-0.05, 0) is 28.4 Å². The minimum absolute atomic E-state index is 0.0916. The van der Waals surface area contributed by atoms with Crippen molar-refractivity contribution >= 4 is 28.2 Å². The third kappa shape index (κ3) is 3.94. The van der Waals surface area contributed by atoms with Crippen LogP contribution >= 0.6 is 15.9 Å². The maximum absolute atomic E-state index is 10.4. The number of halogens is 1. The Morgan fingerprint density at radius 2 is 2.39 bits per heavy atom. The van der Waals surface area contributed by atoms with Crippen molar-refractivity contribution in [1.82, 2.24) is 4.98 Å². The predicted octanol–water partition coefficient (Wildman–Crippen LogP) is 0.925. The van der Waals surface area contributed by atoms with Gasteiger partial charge in [-0.2, -0.15) is 0 Å². The first-order valence-electron chi connectivity index (χ1n) is 5.36. The molecule has 1 amide bonds. The van der Waals surface area contributed by atoms with E-state index in [1.807, 2.05) is 0 Å². The van der Waals surface area contributed by atoms with Gasteiger partial charge in [0, 0.05) is 10.7 Å². The van der Waals surface area contributed by atoms with Crippen LogP contribution in [0.1, 0.15) is 13.3 Å². The fraction of sp³-hybridized carbons (Fsp3) is 0.455. The summed E-state index contributed by atoms with van der Waals surface area (Å²) >= 11 is 3.23. The van der Waals surface area contributed by atoms with Crippen LogP contribution in [-0.2, 0) is 4.79 Å². The molecule has 0 aliphatic carbocycles. The third-order valence-electron chi connectivity index (χ3n) is 2.46. The lowest BCUT2D eigenvalue weighted by Gasteiger charge is -2.24. The molecule has 0 saturated carbocycles. The van der Waals surface area contributed by atoms with E-state index in [1.54, 1.807) is 13.0 Å². The fourth-order valence-corrected chi connectivity index (χ4v) is 1.48. The minimum atomic E-state index is -1.30. The lowest BCUT2D eigenvalue weighted by atomic mass is 10.0. The van der Waals surface area contributed by atoms with Crippen molar-refractivity contribution in [1.29, 1.82) is 0 Å². The highest BCUT2D eigenvalue weighted by atomic mass is 79.9. The summed E-state index contributed by atoms with van der Waals surface area (Å²) in [5.74, 6) is 0.571. The highest BCUT2D eigenvalue weighted by molar-refractivity contribution is 9.10. The number of ether oxygens (including phenoxy) is 1. The van der Waals surface area contributed by atoms with E-state index in [9.17, 15) is 9.90 Å². The molecule has 0 aromatic carbocycles. The van der Waals surface area contributed by atoms with Crippen LogP contribution in [0, 0.1) is 0 Å². The molecule has 0 fully saturated rings. The van der Waals surface area contributed by atoms with Gasteiger partial charge in [0.1, 0.15) is 12.2 Å². The van der Waals surface area contributed by atoms with Crippen LogP contribution in [0.5, 0.6) is 5.75 Å². The molecule has 100 valence electrons. The van der Waals surface area contributed by atoms with Crippen LogP contribution in [0.15, 0.2) is 16.7 Å². The molecule has 0 aliphatic heterocycles. The Labute approximate surface area is 113 Å². The molecule has 1 unspecified atom stereocenters. The first kappa shape index (κ1) is 14.9. The molecule has 0 radical (unpaired) electrons. The van der Waals surface area contributed by atoms with E-state index >= 15 is 0 Å². The van der Waals surface area contributed by atoms with Crippen molar-refractivity contribution in [2.45, 2.75) is 18.9 Å². The second kappa shape index (κ2) is 6.67. The summed E-state index contributed by atoms with van der Waals surface area (Å²) in [7, 11) is 0. The smallest absolute Gasteiger partial charge is 0.212 e. The van der Waals surface area contributed by atoms with Crippen molar-refractivity contribution in [3.63, 3.8) is 0 Å². The number of hydrogen-bond acceptors (Lipinski definition) is 5. The molecule has 0 bridgehead atoms. The molecule has 1 heterocycles. The van der Waals surface area contributed by atoms with Crippen molar-refractivity contribution < 1.29 is 19.7 Å². The lowest BCUT2D eigenvalue weighted by molar-refractivity contribution is -0.105. The molecule has 6 nitrogen and oxygen atoms in total. The molecule has 1 aromatic rings. The Bertz CT molecular complexity index is 410. The van der Waals surface area contributed by atoms with E-state index in [2.05, 4.69) is 26.2 Å². The maximum atomic E-state index is 10.4. The summed E-state index contributed by atoms with van der Waals surface area (Å²) in [6.07, 6.45) is 2.35. The molecule has 7 heteroatoms. The van der Waals surface area contributed by atoms with Crippen LogP contribution < -0.4 is 10.1 Å². The van der Waals surface area contributed by atoms with Gasteiger partial charge in [-0.1, -0.05) is 6.92 Å². The second-order valence-electron chi connectivity index (χ2n) is 3.79. The van der Waals surface area contributed by atoms with Crippen molar-refractivity contribution in [2.75, 3.05) is 18.5 Å². The van der Waals surface area contributed by atoms with Crippen LogP contribution in [0.25, 0.3) is 0 Å². The summed E-state index contributed by atoms with van der Waals surface area (Å²) < 4.78 is 6.07. The number of amides is 1. The number of rotatable bonds is 7. The molecular weight excluding hydrogens is 304 g/mol. The average Bonchev–Trinajstić information content (AvgIpc) is 2.39. The van der Waals surface area contributed by atoms with Crippen LogP contribution in [0.4, 0.5) is 5.82 Å². The van der Waals surface area contributed by atoms with E-state index < -0.39 is 12.2 Å². The SMILES string of the molecule is CCC(O)(CO)COc1cc(Br)cnc1NC=O. The largest absolute Gasteiger partial charge is 0.487 e. The minimum Gasteiger partial charge on any atom is -0.487 e. The first-order chi connectivity index (χ1) is 8.54. The molecule has 0 aliphatic rings. The normalized spacial score (nSPS) is 13.8. The van der Waals surface area contributed by atoms with Gasteiger partial charge in [-0.3, -0.25) is 4.79 Å². The molecule has 0 saturated heterocycles. The topological polar surface area (TPSA) is 91.7 Å². The van der Waals surface area contributed by atoms with Gasteiger partial charge in [0.25, 0.3) is 0 Å². The van der Waals surface area contributed by atoms with Crippen LogP contribution in [0.3, 0.4) is 0 Å². The van der Waals surface area contributed by atoms with Gasteiger partial charge in [0.2, 0.25) is 6.41 Å². The molecular formula is C11H15BrN2O4. The van der Waals surface area contributed by atoms with Gasteiger partial charge in [0.15, 0.2) is 11.6 Å². The summed E-state index contributed by atoms with van der Waals surface area (Å²) in [6, 6.07) is 1.62. The van der Waals surface area contributed by atoms with E-state index in [0.29, 0.717) is 23.1 Å². The van der Waals surface area contributed by atoms with Gasteiger partial charge >= 0.3 is 0 Å². The number of nitrogens with one attached hydrogen (secondary N) is 1. The molecule has 3 N–H and O–H groups in total. The summed E-state index contributed by atoms with van der Waals surface area (Å²) in [4.78, 5) is 14.4. The standard InChI is InChI=1S/C11H15BrN2O4/c1-2-11(17,5-15)6-18-9-3-8(12)4-13-10(9)14-7-16/h3-4,7,15,17H,2,5-6H2,1H3,(H,13,14,16). The van der Waals surface area contributed by atoms with E-state index in [1.165, 1.54) is 6.20 Å². The second-order valence-corrected chi connectivity index (χ2v) is 4.70. The Morgan fingerprint density at radius 3 is 2.94 bits per heavy atom. The number of aromatic nitrogens is 1. The van der Waals surface area contributed by atoms with Gasteiger partial charge in [0.05, 0.1) is 6.61 Å². The first-order valence-corrected chi connectivity index (χ1v) is 6.15. The van der Waals surface area contributed by atoms with Crippen molar-refractivity contribution in [3.05, 3.63) is 16.7 Å². The Hall–Kier alpha value is -1.18. The summed E-state index contributed by atoms with van der Waals surface area (Å²) in [5.41, 5.74) is -1.30. The lowest BCUT2D eigenvalue weighted by Crippen LogP contribution is -2.39. The monoisotopic (exact) mass is 318 g/mol. The van der Waals surface area contributed by atoms with Crippen LogP contribution in [-0.4, -0.2) is 40.4 Å². The molecule has 0 spiro atoms. The number of carbonyl (C=O) groups excluding carboxylic acids is 1. The van der Waals surface area contributed by atoms with Crippen molar-refractivity contribution in [2.24, 2.45) is 0 Å². The predicted molar refractivity (Wildman–Crippen MR) is 69.4 cm³/mol. The van der Waals surface area contributed by atoms with E-state index in [-0.39, 0.29) is 12.4 Å². The molecule has 18 heavy (non-hydrogen) atoms.